The van der Waals surface area contributed by atoms with Gasteiger partial charge in [0.1, 0.15) is 5.75 Å². The molecule has 3 heteroatoms. The van der Waals surface area contributed by atoms with Crippen LogP contribution in [0, 0.1) is 17.8 Å². The number of esters is 1. The first kappa shape index (κ1) is 24.3. The molecule has 0 radical (unpaired) electrons. The van der Waals surface area contributed by atoms with Crippen LogP contribution < -0.4 is 0 Å². The van der Waals surface area contributed by atoms with Crippen molar-refractivity contribution in [3.63, 3.8) is 0 Å². The Kier molecular flexibility index (Phi) is 11.3. The number of aryl methyl sites for hydroxylation is 1. The highest BCUT2D eigenvalue weighted by atomic mass is 16.5. The number of ether oxygens (including phenoxy) is 1. The zero-order valence-corrected chi connectivity index (χ0v) is 18.4. The molecule has 0 unspecified atom stereocenters. The molecule has 0 aliphatic carbocycles. The predicted octanol–water partition coefficient (Wildman–Crippen LogP) is 6.36. The number of aromatic hydroxyl groups is 1. The van der Waals surface area contributed by atoms with E-state index < -0.39 is 0 Å². The molecule has 0 heterocycles. The molecule has 0 fully saturated rings. The minimum absolute atomic E-state index is 0.250. The normalized spacial score (nSPS) is 9.86. The third kappa shape index (κ3) is 9.34. The smallest absolute Gasteiger partial charge is 0.337 e. The van der Waals surface area contributed by atoms with Gasteiger partial charge in [0.15, 0.2) is 0 Å². The van der Waals surface area contributed by atoms with Gasteiger partial charge in [0.2, 0.25) is 0 Å². The number of hydrogen-bond donors (Lipinski definition) is 1. The van der Waals surface area contributed by atoms with E-state index in [4.69, 9.17) is 0 Å². The first-order chi connectivity index (χ1) is 13.9. The molecule has 0 aliphatic heterocycles. The van der Waals surface area contributed by atoms with Gasteiger partial charge in [-0.05, 0) is 60.4 Å². The fourth-order valence-electron chi connectivity index (χ4n) is 2.74. The molecule has 0 bridgehead atoms. The van der Waals surface area contributed by atoms with E-state index in [1.807, 2.05) is 13.0 Å². The van der Waals surface area contributed by atoms with Gasteiger partial charge in [0.25, 0.3) is 0 Å². The minimum atomic E-state index is -0.360. The summed E-state index contributed by atoms with van der Waals surface area (Å²) in [6.45, 7) is 8.84. The van der Waals surface area contributed by atoms with E-state index in [9.17, 15) is 9.90 Å². The average Bonchev–Trinajstić information content (AvgIpc) is 2.73. The third-order valence-electron chi connectivity index (χ3n) is 4.50. The second-order valence-corrected chi connectivity index (χ2v) is 7.40. The Hall–Kier alpha value is -2.73. The van der Waals surface area contributed by atoms with E-state index in [0.29, 0.717) is 5.56 Å². The summed E-state index contributed by atoms with van der Waals surface area (Å²) in [6, 6.07) is 12.1. The molecule has 156 valence electrons. The maximum Gasteiger partial charge on any atom is 0.337 e. The summed E-state index contributed by atoms with van der Waals surface area (Å²) in [4.78, 5) is 11.3. The maximum absolute atomic E-state index is 11.3. The summed E-state index contributed by atoms with van der Waals surface area (Å²) < 4.78 is 4.65. The summed E-state index contributed by atoms with van der Waals surface area (Å²) in [5.41, 5.74) is 3.22. The number of benzene rings is 2. The molecule has 0 amide bonds. The molecule has 0 atom stereocenters. The highest BCUT2D eigenvalue weighted by molar-refractivity contribution is 5.89. The summed E-state index contributed by atoms with van der Waals surface area (Å²) in [6.07, 6.45) is 6.41. The minimum Gasteiger partial charge on any atom is -0.508 e. The molecule has 2 rings (SSSR count). The van der Waals surface area contributed by atoms with Crippen LogP contribution in [0.1, 0.15) is 80.4 Å². The Labute approximate surface area is 176 Å². The second kappa shape index (κ2) is 13.4. The van der Waals surface area contributed by atoms with Gasteiger partial charge in [-0.3, -0.25) is 0 Å². The van der Waals surface area contributed by atoms with Crippen molar-refractivity contribution in [2.24, 2.45) is 5.92 Å². The van der Waals surface area contributed by atoms with E-state index in [-0.39, 0.29) is 11.7 Å². The lowest BCUT2D eigenvalue weighted by atomic mass is 10.0. The van der Waals surface area contributed by atoms with E-state index in [2.05, 4.69) is 37.3 Å². The fraction of sp³-hybridized carbons (Fsp3) is 0.423. The standard InChI is InChI=1S/C18H16O3.C8H18/c1-3-14-12-17(19)11-10-15(14)7-4-13-5-8-16(9-6-13)18(20)21-2;1-4-5-6-7-8(2)3/h5-6,8-12,19H,3H2,1-2H3;8H,4-7H2,1-3H3. The number of phenolic OH excluding ortho intramolecular Hbond substituents is 1. The lowest BCUT2D eigenvalue weighted by Gasteiger charge is -2.01. The molecular formula is C26H34O3. The quantitative estimate of drug-likeness (QED) is 0.352. The van der Waals surface area contributed by atoms with Gasteiger partial charge in [-0.25, -0.2) is 4.79 Å². The van der Waals surface area contributed by atoms with E-state index >= 15 is 0 Å². The van der Waals surface area contributed by atoms with E-state index in [1.165, 1.54) is 32.8 Å². The monoisotopic (exact) mass is 394 g/mol. The van der Waals surface area contributed by atoms with Gasteiger partial charge in [-0.15, -0.1) is 0 Å². The highest BCUT2D eigenvalue weighted by Gasteiger charge is 2.03. The molecule has 29 heavy (non-hydrogen) atoms. The van der Waals surface area contributed by atoms with Gasteiger partial charge < -0.3 is 9.84 Å². The zero-order chi connectivity index (χ0) is 21.6. The topological polar surface area (TPSA) is 46.5 Å². The van der Waals surface area contributed by atoms with Gasteiger partial charge >= 0.3 is 5.97 Å². The van der Waals surface area contributed by atoms with Crippen LogP contribution in [0.4, 0.5) is 0 Å². The largest absolute Gasteiger partial charge is 0.508 e. The van der Waals surface area contributed by atoms with Crippen molar-refractivity contribution in [1.82, 2.24) is 0 Å². The predicted molar refractivity (Wildman–Crippen MR) is 120 cm³/mol. The first-order valence-electron chi connectivity index (χ1n) is 10.4. The van der Waals surface area contributed by atoms with Gasteiger partial charge in [0, 0.05) is 11.1 Å². The van der Waals surface area contributed by atoms with Crippen LogP contribution in [0.2, 0.25) is 0 Å². The lowest BCUT2D eigenvalue weighted by molar-refractivity contribution is 0.0600. The summed E-state index contributed by atoms with van der Waals surface area (Å²) in [5, 5.41) is 9.47. The van der Waals surface area contributed by atoms with Crippen molar-refractivity contribution in [1.29, 1.82) is 0 Å². The molecule has 2 aromatic rings. The number of unbranched alkanes of at least 4 members (excludes halogenated alkanes) is 2. The van der Waals surface area contributed by atoms with Crippen molar-refractivity contribution in [2.75, 3.05) is 7.11 Å². The number of carbonyl (C=O) groups excluding carboxylic acids is 1. The Balaban J connectivity index is 0.000000447. The molecule has 2 aromatic carbocycles. The van der Waals surface area contributed by atoms with Gasteiger partial charge in [-0.1, -0.05) is 65.2 Å². The molecule has 0 spiro atoms. The Morgan fingerprint density at radius 2 is 1.72 bits per heavy atom. The van der Waals surface area contributed by atoms with Crippen molar-refractivity contribution in [3.8, 4) is 17.6 Å². The molecule has 0 aliphatic rings. The molecule has 0 saturated carbocycles. The van der Waals surface area contributed by atoms with E-state index in [0.717, 1.165) is 29.0 Å². The van der Waals surface area contributed by atoms with Crippen LogP contribution in [-0.4, -0.2) is 18.2 Å². The number of carbonyl (C=O) groups is 1. The van der Waals surface area contributed by atoms with Crippen LogP contribution >= 0.6 is 0 Å². The zero-order valence-electron chi connectivity index (χ0n) is 18.4. The number of rotatable bonds is 6. The van der Waals surface area contributed by atoms with Crippen LogP contribution in [0.25, 0.3) is 0 Å². The van der Waals surface area contributed by atoms with Crippen molar-refractivity contribution < 1.29 is 14.6 Å². The Bertz CT molecular complexity index is 808. The highest BCUT2D eigenvalue weighted by Crippen LogP contribution is 2.16. The van der Waals surface area contributed by atoms with Gasteiger partial charge in [0.05, 0.1) is 12.7 Å². The number of hydrogen-bond acceptors (Lipinski definition) is 3. The summed E-state index contributed by atoms with van der Waals surface area (Å²) >= 11 is 0. The van der Waals surface area contributed by atoms with Crippen LogP contribution in [0.3, 0.4) is 0 Å². The van der Waals surface area contributed by atoms with Crippen LogP contribution in [-0.2, 0) is 11.2 Å². The second-order valence-electron chi connectivity index (χ2n) is 7.40. The lowest BCUT2D eigenvalue weighted by Crippen LogP contribution is -2.00. The van der Waals surface area contributed by atoms with Crippen molar-refractivity contribution in [3.05, 3.63) is 64.7 Å². The van der Waals surface area contributed by atoms with Crippen molar-refractivity contribution >= 4 is 5.97 Å². The molecular weight excluding hydrogens is 360 g/mol. The molecule has 1 N–H and O–H groups in total. The SMILES string of the molecule is CCCCCC(C)C.CCc1cc(O)ccc1C#Cc1ccc(C(=O)OC)cc1. The molecule has 3 nitrogen and oxygen atoms in total. The van der Waals surface area contributed by atoms with Crippen LogP contribution in [0.5, 0.6) is 5.75 Å². The Morgan fingerprint density at radius 3 is 2.28 bits per heavy atom. The first-order valence-corrected chi connectivity index (χ1v) is 10.4. The van der Waals surface area contributed by atoms with Crippen LogP contribution in [0.15, 0.2) is 42.5 Å². The average molecular weight is 395 g/mol. The summed E-state index contributed by atoms with van der Waals surface area (Å²) in [7, 11) is 1.35. The molecule has 0 aromatic heterocycles. The molecule has 0 saturated heterocycles. The number of methoxy groups -OCH3 is 1. The maximum atomic E-state index is 11.3. The fourth-order valence-corrected chi connectivity index (χ4v) is 2.74. The van der Waals surface area contributed by atoms with Gasteiger partial charge in [-0.2, -0.15) is 0 Å². The number of phenols is 1. The third-order valence-corrected chi connectivity index (χ3v) is 4.50. The van der Waals surface area contributed by atoms with Crippen molar-refractivity contribution in [2.45, 2.75) is 59.8 Å². The van der Waals surface area contributed by atoms with E-state index in [1.54, 1.807) is 36.4 Å². The Morgan fingerprint density at radius 1 is 1.03 bits per heavy atom. The summed E-state index contributed by atoms with van der Waals surface area (Å²) in [5.74, 6) is 6.94.